The quantitative estimate of drug-likeness (QED) is 0.620. The highest BCUT2D eigenvalue weighted by Crippen LogP contribution is 2.23. The number of hydrogen-bond donors (Lipinski definition) is 0. The van der Waals surface area contributed by atoms with Crippen molar-refractivity contribution in [2.24, 2.45) is 5.92 Å². The average Bonchev–Trinajstić information content (AvgIpc) is 2.18. The first-order valence-electron chi connectivity index (χ1n) is 4.52. The van der Waals surface area contributed by atoms with Crippen LogP contribution in [0.4, 0.5) is 0 Å². The van der Waals surface area contributed by atoms with Crippen LogP contribution in [-0.4, -0.2) is 35.9 Å². The molecule has 1 aliphatic heterocycles. The van der Waals surface area contributed by atoms with Crippen molar-refractivity contribution in [2.45, 2.75) is 12.8 Å². The van der Waals surface area contributed by atoms with Gasteiger partial charge in [-0.1, -0.05) is 5.92 Å². The third kappa shape index (κ3) is 2.96. The van der Waals surface area contributed by atoms with Gasteiger partial charge in [0.25, 0.3) is 0 Å². The summed E-state index contributed by atoms with van der Waals surface area (Å²) in [6, 6.07) is 0. The molecule has 1 fully saturated rings. The van der Waals surface area contributed by atoms with E-state index in [4.69, 9.17) is 6.42 Å². The first-order chi connectivity index (χ1) is 6.25. The number of nitrogens with zero attached hydrogens (tertiary/aromatic N) is 1. The van der Waals surface area contributed by atoms with E-state index in [0.29, 0.717) is 6.54 Å². The molecule has 0 spiro atoms. The Morgan fingerprint density at radius 3 is 2.77 bits per heavy atom. The van der Waals surface area contributed by atoms with Crippen LogP contribution in [0.15, 0.2) is 0 Å². The van der Waals surface area contributed by atoms with Crippen molar-refractivity contribution in [3.8, 4) is 12.3 Å². The van der Waals surface area contributed by atoms with E-state index in [1.807, 2.05) is 11.8 Å². The third-order valence-electron chi connectivity index (χ3n) is 2.28. The summed E-state index contributed by atoms with van der Waals surface area (Å²) in [6.45, 7) is 0.433. The van der Waals surface area contributed by atoms with Crippen molar-refractivity contribution < 1.29 is 4.79 Å². The zero-order valence-electron chi connectivity index (χ0n) is 7.95. The molecule has 0 unspecified atom stereocenters. The molecule has 0 saturated carbocycles. The van der Waals surface area contributed by atoms with Gasteiger partial charge in [-0.15, -0.1) is 6.42 Å². The fourth-order valence-corrected chi connectivity index (χ4v) is 2.58. The zero-order chi connectivity index (χ0) is 9.68. The Bertz CT molecular complexity index is 215. The lowest BCUT2D eigenvalue weighted by molar-refractivity contribution is -0.133. The number of terminal acetylenes is 1. The number of hydrogen-bond acceptors (Lipinski definition) is 2. The smallest absolute Gasteiger partial charge is 0.226 e. The van der Waals surface area contributed by atoms with Gasteiger partial charge in [0, 0.05) is 13.0 Å². The molecular formula is C10H15NOS. The summed E-state index contributed by atoms with van der Waals surface area (Å²) in [5.41, 5.74) is 0. The molecule has 1 aliphatic rings. The Balaban J connectivity index is 2.41. The third-order valence-corrected chi connectivity index (χ3v) is 3.32. The van der Waals surface area contributed by atoms with Crippen LogP contribution in [0, 0.1) is 18.3 Å². The van der Waals surface area contributed by atoms with E-state index in [1.165, 1.54) is 0 Å². The molecule has 0 atom stereocenters. The lowest BCUT2D eigenvalue weighted by Gasteiger charge is -2.24. The molecule has 1 rings (SSSR count). The molecule has 3 heteroatoms. The Morgan fingerprint density at radius 2 is 2.23 bits per heavy atom. The van der Waals surface area contributed by atoms with Gasteiger partial charge in [-0.2, -0.15) is 11.8 Å². The van der Waals surface area contributed by atoms with Gasteiger partial charge in [0.1, 0.15) is 0 Å². The molecular weight excluding hydrogens is 182 g/mol. The van der Waals surface area contributed by atoms with Gasteiger partial charge < -0.3 is 4.90 Å². The van der Waals surface area contributed by atoms with Crippen LogP contribution in [-0.2, 0) is 4.79 Å². The maximum absolute atomic E-state index is 11.7. The standard InChI is InChI=1S/C10H15NOS/c1-3-6-11(2)10(12)9-4-7-13-8-5-9/h1,9H,4-8H2,2H3. The van der Waals surface area contributed by atoms with Gasteiger partial charge in [0.05, 0.1) is 6.54 Å². The van der Waals surface area contributed by atoms with Crippen LogP contribution in [0.25, 0.3) is 0 Å². The molecule has 0 N–H and O–H groups in total. The van der Waals surface area contributed by atoms with E-state index < -0.39 is 0 Å². The van der Waals surface area contributed by atoms with Crippen molar-refractivity contribution >= 4 is 17.7 Å². The van der Waals surface area contributed by atoms with E-state index in [1.54, 1.807) is 11.9 Å². The fraction of sp³-hybridized carbons (Fsp3) is 0.700. The molecule has 1 saturated heterocycles. The minimum atomic E-state index is 0.221. The molecule has 1 amide bonds. The van der Waals surface area contributed by atoms with Crippen LogP contribution in [0.5, 0.6) is 0 Å². The molecule has 0 aromatic carbocycles. The van der Waals surface area contributed by atoms with Crippen molar-refractivity contribution in [1.82, 2.24) is 4.90 Å². The Labute approximate surface area is 84.1 Å². The minimum absolute atomic E-state index is 0.221. The topological polar surface area (TPSA) is 20.3 Å². The number of carbonyl (C=O) groups is 1. The SMILES string of the molecule is C#CCN(C)C(=O)C1CCSCC1. The summed E-state index contributed by atoms with van der Waals surface area (Å²) in [6.07, 6.45) is 7.17. The first kappa shape index (κ1) is 10.5. The molecule has 1 heterocycles. The highest BCUT2D eigenvalue weighted by atomic mass is 32.2. The second-order valence-electron chi connectivity index (χ2n) is 3.29. The largest absolute Gasteiger partial charge is 0.334 e. The van der Waals surface area contributed by atoms with Crippen molar-refractivity contribution in [2.75, 3.05) is 25.1 Å². The maximum atomic E-state index is 11.7. The van der Waals surface area contributed by atoms with Crippen LogP contribution in [0.1, 0.15) is 12.8 Å². The number of rotatable bonds is 2. The van der Waals surface area contributed by atoms with Gasteiger partial charge in [-0.3, -0.25) is 4.79 Å². The fourth-order valence-electron chi connectivity index (χ4n) is 1.47. The number of amides is 1. The van der Waals surface area contributed by atoms with Crippen molar-refractivity contribution in [3.63, 3.8) is 0 Å². The van der Waals surface area contributed by atoms with E-state index >= 15 is 0 Å². The molecule has 0 aliphatic carbocycles. The van der Waals surface area contributed by atoms with Crippen LogP contribution in [0.2, 0.25) is 0 Å². The Morgan fingerprint density at radius 1 is 1.62 bits per heavy atom. The molecule has 2 nitrogen and oxygen atoms in total. The van der Waals surface area contributed by atoms with Crippen molar-refractivity contribution in [3.05, 3.63) is 0 Å². The van der Waals surface area contributed by atoms with Gasteiger partial charge in [-0.05, 0) is 24.3 Å². The van der Waals surface area contributed by atoms with E-state index in [-0.39, 0.29) is 11.8 Å². The number of thioether (sulfide) groups is 1. The predicted octanol–water partition coefficient (Wildman–Crippen LogP) is 1.22. The van der Waals surface area contributed by atoms with E-state index in [9.17, 15) is 4.79 Å². The van der Waals surface area contributed by atoms with Crippen LogP contribution < -0.4 is 0 Å². The second-order valence-corrected chi connectivity index (χ2v) is 4.51. The van der Waals surface area contributed by atoms with Gasteiger partial charge in [0.15, 0.2) is 0 Å². The monoisotopic (exact) mass is 197 g/mol. The van der Waals surface area contributed by atoms with Gasteiger partial charge in [0.2, 0.25) is 5.91 Å². The lowest BCUT2D eigenvalue weighted by Crippen LogP contribution is -2.34. The summed E-state index contributed by atoms with van der Waals surface area (Å²) in [5.74, 6) is 5.15. The summed E-state index contributed by atoms with van der Waals surface area (Å²) < 4.78 is 0. The normalized spacial score (nSPS) is 17.8. The van der Waals surface area contributed by atoms with Crippen LogP contribution >= 0.6 is 11.8 Å². The minimum Gasteiger partial charge on any atom is -0.334 e. The molecule has 0 aromatic rings. The Kier molecular flexibility index (Phi) is 4.17. The summed E-state index contributed by atoms with van der Waals surface area (Å²) in [4.78, 5) is 13.4. The average molecular weight is 197 g/mol. The zero-order valence-corrected chi connectivity index (χ0v) is 8.77. The number of carbonyl (C=O) groups excluding carboxylic acids is 1. The van der Waals surface area contributed by atoms with Gasteiger partial charge in [-0.25, -0.2) is 0 Å². The van der Waals surface area contributed by atoms with E-state index in [0.717, 1.165) is 24.3 Å². The molecule has 13 heavy (non-hydrogen) atoms. The maximum Gasteiger partial charge on any atom is 0.226 e. The highest BCUT2D eigenvalue weighted by molar-refractivity contribution is 7.99. The highest BCUT2D eigenvalue weighted by Gasteiger charge is 2.23. The molecule has 0 bridgehead atoms. The molecule has 0 radical (unpaired) electrons. The van der Waals surface area contributed by atoms with Gasteiger partial charge >= 0.3 is 0 Å². The first-order valence-corrected chi connectivity index (χ1v) is 5.67. The predicted molar refractivity (Wildman–Crippen MR) is 56.5 cm³/mol. The molecule has 0 aromatic heterocycles. The van der Waals surface area contributed by atoms with Crippen molar-refractivity contribution in [1.29, 1.82) is 0 Å². The molecule has 72 valence electrons. The second kappa shape index (κ2) is 5.18. The summed E-state index contributed by atoms with van der Waals surface area (Å²) in [5, 5.41) is 0. The van der Waals surface area contributed by atoms with Crippen LogP contribution in [0.3, 0.4) is 0 Å². The Hall–Kier alpha value is -0.620. The lowest BCUT2D eigenvalue weighted by atomic mass is 10.0. The summed E-state index contributed by atoms with van der Waals surface area (Å²) >= 11 is 1.93. The summed E-state index contributed by atoms with van der Waals surface area (Å²) in [7, 11) is 1.78. The van der Waals surface area contributed by atoms with E-state index in [2.05, 4.69) is 5.92 Å².